The van der Waals surface area contributed by atoms with Crippen LogP contribution in [0.3, 0.4) is 0 Å². The van der Waals surface area contributed by atoms with Crippen LogP contribution in [0.15, 0.2) is 53.3 Å². The Morgan fingerprint density at radius 2 is 2.00 bits per heavy atom. The van der Waals surface area contributed by atoms with Crippen molar-refractivity contribution in [1.82, 2.24) is 14.8 Å². The van der Waals surface area contributed by atoms with Gasteiger partial charge in [-0.25, -0.2) is 9.48 Å². The highest BCUT2D eigenvalue weighted by atomic mass is 79.9. The Morgan fingerprint density at radius 1 is 1.26 bits per heavy atom. The van der Waals surface area contributed by atoms with Gasteiger partial charge in [0.05, 0.1) is 11.4 Å². The number of aromatic nitrogens is 3. The van der Waals surface area contributed by atoms with Crippen LogP contribution in [0.25, 0.3) is 16.9 Å². The van der Waals surface area contributed by atoms with Gasteiger partial charge in [-0.2, -0.15) is 5.10 Å². The van der Waals surface area contributed by atoms with Gasteiger partial charge in [-0.1, -0.05) is 28.9 Å². The topological polar surface area (TPSA) is 68.0 Å². The molecule has 0 radical (unpaired) electrons. The zero-order valence-corrected chi connectivity index (χ0v) is 14.0. The van der Waals surface area contributed by atoms with Crippen molar-refractivity contribution in [3.05, 3.63) is 64.5 Å². The second kappa shape index (κ2) is 6.34. The first-order valence-corrected chi connectivity index (χ1v) is 7.92. The number of hydrogen-bond acceptors (Lipinski definition) is 3. The SMILES string of the molecule is CCc1c(C(=O)O)c(-c2ccncc2)nn1-c1cccc(Br)c1. The van der Waals surface area contributed by atoms with Crippen LogP contribution in [0.4, 0.5) is 0 Å². The van der Waals surface area contributed by atoms with Crippen LogP contribution < -0.4 is 0 Å². The van der Waals surface area contributed by atoms with Crippen LogP contribution in [0.5, 0.6) is 0 Å². The molecule has 23 heavy (non-hydrogen) atoms. The standard InChI is InChI=1S/C17H14BrN3O2/c1-2-14-15(17(22)23)16(11-6-8-19-9-7-11)20-21(14)13-5-3-4-12(18)10-13/h3-10H,2H2,1H3,(H,22,23). The molecule has 0 saturated carbocycles. The highest BCUT2D eigenvalue weighted by Crippen LogP contribution is 2.28. The second-order valence-corrected chi connectivity index (χ2v) is 5.87. The largest absolute Gasteiger partial charge is 0.478 e. The van der Waals surface area contributed by atoms with E-state index in [2.05, 4.69) is 26.0 Å². The number of carboxylic acids is 1. The maximum absolute atomic E-state index is 11.8. The number of carbonyl (C=O) groups is 1. The Morgan fingerprint density at radius 3 is 2.61 bits per heavy atom. The molecule has 1 aromatic carbocycles. The number of hydrogen-bond donors (Lipinski definition) is 1. The maximum Gasteiger partial charge on any atom is 0.339 e. The first-order chi connectivity index (χ1) is 11.1. The molecule has 0 saturated heterocycles. The molecule has 5 nitrogen and oxygen atoms in total. The Labute approximate surface area is 141 Å². The van der Waals surface area contributed by atoms with E-state index in [0.29, 0.717) is 17.8 Å². The third-order valence-corrected chi connectivity index (χ3v) is 4.03. The van der Waals surface area contributed by atoms with Crippen molar-refractivity contribution in [3.63, 3.8) is 0 Å². The average molecular weight is 372 g/mol. The van der Waals surface area contributed by atoms with E-state index in [0.717, 1.165) is 15.7 Å². The van der Waals surface area contributed by atoms with E-state index >= 15 is 0 Å². The third kappa shape index (κ3) is 2.90. The predicted octanol–water partition coefficient (Wildman–Crippen LogP) is 3.96. The van der Waals surface area contributed by atoms with Crippen molar-refractivity contribution >= 4 is 21.9 Å². The van der Waals surface area contributed by atoms with Crippen molar-refractivity contribution in [2.45, 2.75) is 13.3 Å². The van der Waals surface area contributed by atoms with E-state index in [1.165, 1.54) is 0 Å². The minimum absolute atomic E-state index is 0.235. The summed E-state index contributed by atoms with van der Waals surface area (Å²) in [6.07, 6.45) is 3.82. The lowest BCUT2D eigenvalue weighted by atomic mass is 10.1. The Hall–Kier alpha value is -2.47. The lowest BCUT2D eigenvalue weighted by Crippen LogP contribution is -2.05. The van der Waals surface area contributed by atoms with E-state index in [4.69, 9.17) is 0 Å². The number of rotatable bonds is 4. The van der Waals surface area contributed by atoms with Crippen LogP contribution in [-0.2, 0) is 6.42 Å². The summed E-state index contributed by atoms with van der Waals surface area (Å²) in [5.74, 6) is -0.977. The van der Waals surface area contributed by atoms with Gasteiger partial charge in [0.15, 0.2) is 0 Å². The van der Waals surface area contributed by atoms with E-state index in [1.54, 1.807) is 29.2 Å². The highest BCUT2D eigenvalue weighted by molar-refractivity contribution is 9.10. The molecule has 0 aliphatic heterocycles. The van der Waals surface area contributed by atoms with Crippen molar-refractivity contribution in [1.29, 1.82) is 0 Å². The molecule has 0 amide bonds. The van der Waals surface area contributed by atoms with Gasteiger partial charge in [0.25, 0.3) is 0 Å². The zero-order valence-electron chi connectivity index (χ0n) is 12.4. The first-order valence-electron chi connectivity index (χ1n) is 7.13. The molecular weight excluding hydrogens is 358 g/mol. The van der Waals surface area contributed by atoms with E-state index in [1.807, 2.05) is 31.2 Å². The summed E-state index contributed by atoms with van der Waals surface area (Å²) in [5.41, 5.74) is 2.91. The summed E-state index contributed by atoms with van der Waals surface area (Å²) in [6, 6.07) is 11.2. The van der Waals surface area contributed by atoms with Crippen molar-refractivity contribution in [2.75, 3.05) is 0 Å². The summed E-state index contributed by atoms with van der Waals surface area (Å²) < 4.78 is 2.61. The van der Waals surface area contributed by atoms with Crippen LogP contribution in [0.2, 0.25) is 0 Å². The quantitative estimate of drug-likeness (QED) is 0.753. The molecule has 0 bridgehead atoms. The van der Waals surface area contributed by atoms with Gasteiger partial charge in [-0.3, -0.25) is 4.98 Å². The molecule has 3 rings (SSSR count). The number of carboxylic acid groups (broad SMARTS) is 1. The molecule has 0 spiro atoms. The fourth-order valence-electron chi connectivity index (χ4n) is 2.54. The lowest BCUT2D eigenvalue weighted by molar-refractivity contribution is 0.0696. The van der Waals surface area contributed by atoms with E-state index in [-0.39, 0.29) is 5.56 Å². The molecule has 3 aromatic rings. The van der Waals surface area contributed by atoms with Crippen molar-refractivity contribution in [2.24, 2.45) is 0 Å². The minimum atomic E-state index is -0.977. The van der Waals surface area contributed by atoms with Gasteiger partial charge in [0.1, 0.15) is 11.3 Å². The fraction of sp³-hybridized carbons (Fsp3) is 0.118. The lowest BCUT2D eigenvalue weighted by Gasteiger charge is -2.06. The number of nitrogens with zero attached hydrogens (tertiary/aromatic N) is 3. The molecule has 0 aliphatic rings. The maximum atomic E-state index is 11.8. The summed E-state index contributed by atoms with van der Waals surface area (Å²) in [6.45, 7) is 1.92. The number of halogens is 1. The van der Waals surface area contributed by atoms with Crippen LogP contribution in [0, 0.1) is 0 Å². The Bertz CT molecular complexity index is 860. The van der Waals surface area contributed by atoms with E-state index in [9.17, 15) is 9.90 Å². The van der Waals surface area contributed by atoms with Gasteiger partial charge in [0, 0.05) is 22.4 Å². The molecule has 2 heterocycles. The van der Waals surface area contributed by atoms with Crippen LogP contribution >= 0.6 is 15.9 Å². The summed E-state index contributed by atoms with van der Waals surface area (Å²) in [4.78, 5) is 15.8. The second-order valence-electron chi connectivity index (χ2n) is 4.96. The normalized spacial score (nSPS) is 10.7. The van der Waals surface area contributed by atoms with Gasteiger partial charge in [-0.15, -0.1) is 0 Å². The third-order valence-electron chi connectivity index (χ3n) is 3.54. The summed E-state index contributed by atoms with van der Waals surface area (Å²) in [5, 5.41) is 14.2. The monoisotopic (exact) mass is 371 g/mol. The number of aromatic carboxylic acids is 1. The van der Waals surface area contributed by atoms with Gasteiger partial charge in [0.2, 0.25) is 0 Å². The van der Waals surface area contributed by atoms with Crippen LogP contribution in [0.1, 0.15) is 23.0 Å². The Balaban J connectivity index is 2.28. The molecule has 0 atom stereocenters. The molecule has 2 aromatic heterocycles. The summed E-state index contributed by atoms with van der Waals surface area (Å²) >= 11 is 3.44. The molecule has 116 valence electrons. The van der Waals surface area contributed by atoms with Gasteiger partial charge >= 0.3 is 5.97 Å². The average Bonchev–Trinajstić information content (AvgIpc) is 2.95. The Kier molecular flexibility index (Phi) is 4.25. The molecule has 1 N–H and O–H groups in total. The van der Waals surface area contributed by atoms with Crippen molar-refractivity contribution < 1.29 is 9.90 Å². The first kappa shape index (κ1) is 15.4. The van der Waals surface area contributed by atoms with Crippen LogP contribution in [-0.4, -0.2) is 25.8 Å². The molecule has 0 unspecified atom stereocenters. The fourth-order valence-corrected chi connectivity index (χ4v) is 2.92. The van der Waals surface area contributed by atoms with Crippen molar-refractivity contribution in [3.8, 4) is 16.9 Å². The minimum Gasteiger partial charge on any atom is -0.478 e. The zero-order chi connectivity index (χ0) is 16.4. The number of benzene rings is 1. The molecule has 0 fully saturated rings. The predicted molar refractivity (Wildman–Crippen MR) is 90.8 cm³/mol. The molecule has 6 heteroatoms. The number of pyridine rings is 1. The van der Waals surface area contributed by atoms with Gasteiger partial charge in [-0.05, 0) is 36.8 Å². The molecule has 0 aliphatic carbocycles. The summed E-state index contributed by atoms with van der Waals surface area (Å²) in [7, 11) is 0. The smallest absolute Gasteiger partial charge is 0.339 e. The van der Waals surface area contributed by atoms with E-state index < -0.39 is 5.97 Å². The van der Waals surface area contributed by atoms with Gasteiger partial charge < -0.3 is 5.11 Å². The highest BCUT2D eigenvalue weighted by Gasteiger charge is 2.24. The molecular formula is C17H14BrN3O2.